The van der Waals surface area contributed by atoms with Gasteiger partial charge in [-0.25, -0.2) is 0 Å². The summed E-state index contributed by atoms with van der Waals surface area (Å²) in [6.45, 7) is -1.48. The summed E-state index contributed by atoms with van der Waals surface area (Å²) in [7, 11) is 0. The van der Waals surface area contributed by atoms with Gasteiger partial charge in [-0.1, -0.05) is 30.3 Å². The van der Waals surface area contributed by atoms with Crippen molar-refractivity contribution in [3.63, 3.8) is 0 Å². The van der Waals surface area contributed by atoms with E-state index in [-0.39, 0.29) is 13.0 Å². The van der Waals surface area contributed by atoms with Crippen LogP contribution in [-0.2, 0) is 6.54 Å². The van der Waals surface area contributed by atoms with Crippen molar-refractivity contribution < 1.29 is 10.6 Å². The molecule has 2 fully saturated rings. The smallest absolute Gasteiger partial charge is 0.0796 e. The van der Waals surface area contributed by atoms with Gasteiger partial charge in [0.05, 0.1) is 5.60 Å². The molecule has 3 nitrogen and oxygen atoms in total. The predicted molar refractivity (Wildman–Crippen MR) is 76.9 cm³/mol. The lowest BCUT2D eigenvalue weighted by molar-refractivity contribution is -0.0219. The molecule has 0 amide bonds. The van der Waals surface area contributed by atoms with E-state index in [1.807, 2.05) is 30.3 Å². The third kappa shape index (κ3) is 3.78. The Labute approximate surface area is 121 Å². The van der Waals surface area contributed by atoms with Crippen LogP contribution in [0.3, 0.4) is 0 Å². The average Bonchev–Trinajstić information content (AvgIpc) is 3.33. The van der Waals surface area contributed by atoms with Crippen LogP contribution in [0, 0.1) is 0 Å². The SMILES string of the molecule is [2H]C1([2H])N(Cc2ccccc2)CCC(O)(CNC2CC2)C1([2H])[2H]. The van der Waals surface area contributed by atoms with Crippen LogP contribution in [-0.4, -0.2) is 41.2 Å². The molecule has 3 heteroatoms. The molecule has 19 heavy (non-hydrogen) atoms. The number of hydrogen-bond donors (Lipinski definition) is 2. The molecule has 3 rings (SSSR count). The quantitative estimate of drug-likeness (QED) is 0.851. The second kappa shape index (κ2) is 5.61. The van der Waals surface area contributed by atoms with Crippen LogP contribution in [0.2, 0.25) is 0 Å². The highest BCUT2D eigenvalue weighted by Crippen LogP contribution is 2.25. The van der Waals surface area contributed by atoms with Crippen molar-refractivity contribution in [2.75, 3.05) is 19.6 Å². The zero-order valence-corrected chi connectivity index (χ0v) is 11.1. The third-order valence-electron chi connectivity index (χ3n) is 3.72. The van der Waals surface area contributed by atoms with E-state index in [0.29, 0.717) is 19.1 Å². The number of piperidine rings is 1. The van der Waals surface area contributed by atoms with E-state index in [1.54, 1.807) is 0 Å². The first-order valence-corrected chi connectivity index (χ1v) is 7.01. The summed E-state index contributed by atoms with van der Waals surface area (Å²) < 4.78 is 33.3. The second-order valence-electron chi connectivity index (χ2n) is 5.58. The molecule has 1 unspecified atom stereocenters. The first-order valence-electron chi connectivity index (χ1n) is 9.01. The molecule has 1 aliphatic carbocycles. The molecule has 0 aromatic heterocycles. The van der Waals surface area contributed by atoms with Gasteiger partial charge in [-0.15, -0.1) is 0 Å². The minimum atomic E-state index is -2.35. The van der Waals surface area contributed by atoms with E-state index in [4.69, 9.17) is 5.48 Å². The Bertz CT molecular complexity index is 550. The van der Waals surface area contributed by atoms with Crippen molar-refractivity contribution in [3.8, 4) is 0 Å². The zero-order chi connectivity index (χ0) is 16.7. The topological polar surface area (TPSA) is 35.5 Å². The lowest BCUT2D eigenvalue weighted by Crippen LogP contribution is -2.50. The molecule has 2 aliphatic rings. The molecular weight excluding hydrogens is 236 g/mol. The van der Waals surface area contributed by atoms with Crippen LogP contribution in [0.1, 0.15) is 36.7 Å². The monoisotopic (exact) mass is 264 g/mol. The summed E-state index contributed by atoms with van der Waals surface area (Å²) in [5.41, 5.74) is -0.750. The Morgan fingerprint density at radius 3 is 2.89 bits per heavy atom. The van der Waals surface area contributed by atoms with E-state index in [9.17, 15) is 5.11 Å². The van der Waals surface area contributed by atoms with Crippen LogP contribution in [0.4, 0.5) is 0 Å². The van der Waals surface area contributed by atoms with Gasteiger partial charge in [-0.2, -0.15) is 0 Å². The number of benzene rings is 1. The number of rotatable bonds is 5. The van der Waals surface area contributed by atoms with Gasteiger partial charge in [0, 0.05) is 37.7 Å². The minimum absolute atomic E-state index is 0.101. The van der Waals surface area contributed by atoms with Gasteiger partial charge >= 0.3 is 0 Å². The van der Waals surface area contributed by atoms with Gasteiger partial charge in [-0.05, 0) is 31.2 Å². The van der Waals surface area contributed by atoms with Crippen LogP contribution >= 0.6 is 0 Å². The molecule has 1 aromatic carbocycles. The molecule has 0 bridgehead atoms. The Morgan fingerprint density at radius 1 is 1.37 bits per heavy atom. The largest absolute Gasteiger partial charge is 0.388 e. The summed E-state index contributed by atoms with van der Waals surface area (Å²) in [6, 6.07) is 9.83. The second-order valence-corrected chi connectivity index (χ2v) is 5.58. The Hall–Kier alpha value is -0.900. The molecule has 0 radical (unpaired) electrons. The summed E-state index contributed by atoms with van der Waals surface area (Å²) in [5, 5.41) is 13.9. The van der Waals surface area contributed by atoms with E-state index >= 15 is 0 Å². The molecule has 1 aromatic rings. The highest BCUT2D eigenvalue weighted by molar-refractivity contribution is 5.14. The molecule has 1 saturated carbocycles. The Morgan fingerprint density at radius 2 is 2.16 bits per heavy atom. The summed E-state index contributed by atoms with van der Waals surface area (Å²) in [4.78, 5) is 1.49. The maximum absolute atomic E-state index is 10.8. The number of likely N-dealkylation sites (tertiary alicyclic amines) is 1. The van der Waals surface area contributed by atoms with E-state index < -0.39 is 18.5 Å². The van der Waals surface area contributed by atoms with Gasteiger partial charge < -0.3 is 10.4 Å². The van der Waals surface area contributed by atoms with E-state index in [2.05, 4.69) is 5.32 Å². The number of aliphatic hydroxyl groups is 1. The van der Waals surface area contributed by atoms with Gasteiger partial charge in [0.2, 0.25) is 0 Å². The molecule has 1 heterocycles. The predicted octanol–water partition coefficient (Wildman–Crippen LogP) is 1.77. The van der Waals surface area contributed by atoms with Gasteiger partial charge in [-0.3, -0.25) is 4.90 Å². The van der Waals surface area contributed by atoms with Crippen LogP contribution in [0.15, 0.2) is 30.3 Å². The van der Waals surface area contributed by atoms with Gasteiger partial charge in [0.25, 0.3) is 0 Å². The molecule has 2 N–H and O–H groups in total. The van der Waals surface area contributed by atoms with Crippen molar-refractivity contribution in [3.05, 3.63) is 35.9 Å². The fraction of sp³-hybridized carbons (Fsp3) is 0.625. The maximum atomic E-state index is 10.8. The van der Waals surface area contributed by atoms with Crippen LogP contribution in [0.25, 0.3) is 0 Å². The van der Waals surface area contributed by atoms with Crippen LogP contribution in [0.5, 0.6) is 0 Å². The molecule has 1 saturated heterocycles. The van der Waals surface area contributed by atoms with Crippen molar-refractivity contribution in [1.82, 2.24) is 10.2 Å². The van der Waals surface area contributed by atoms with Crippen molar-refractivity contribution >= 4 is 0 Å². The maximum Gasteiger partial charge on any atom is 0.0796 e. The Kier molecular flexibility index (Phi) is 2.69. The molecule has 0 spiro atoms. The van der Waals surface area contributed by atoms with Gasteiger partial charge in [0.1, 0.15) is 0 Å². The molecule has 1 atom stereocenters. The number of hydrogen-bond acceptors (Lipinski definition) is 3. The normalized spacial score (nSPS) is 36.9. The fourth-order valence-corrected chi connectivity index (χ4v) is 2.28. The first kappa shape index (κ1) is 9.11. The lowest BCUT2D eigenvalue weighted by atomic mass is 9.91. The lowest BCUT2D eigenvalue weighted by Gasteiger charge is -2.38. The average molecular weight is 264 g/mol. The third-order valence-corrected chi connectivity index (χ3v) is 3.72. The number of nitrogens with one attached hydrogen (secondary N) is 1. The van der Waals surface area contributed by atoms with E-state index in [1.165, 1.54) is 4.90 Å². The highest BCUT2D eigenvalue weighted by atomic mass is 16.3. The fourth-order valence-electron chi connectivity index (χ4n) is 2.28. The van der Waals surface area contributed by atoms with Crippen molar-refractivity contribution in [1.29, 1.82) is 0 Å². The summed E-state index contributed by atoms with van der Waals surface area (Å²) >= 11 is 0. The summed E-state index contributed by atoms with van der Waals surface area (Å²) in [5.74, 6) is 0. The summed E-state index contributed by atoms with van der Waals surface area (Å²) in [6.07, 6.45) is -0.0425. The van der Waals surface area contributed by atoms with Crippen molar-refractivity contribution in [2.24, 2.45) is 0 Å². The highest BCUT2D eigenvalue weighted by Gasteiger charge is 2.33. The molecule has 104 valence electrons. The number of nitrogens with zero attached hydrogens (tertiary/aromatic N) is 1. The van der Waals surface area contributed by atoms with Crippen LogP contribution < -0.4 is 5.32 Å². The Balaban J connectivity index is 1.76. The molecular formula is C16H24N2O. The zero-order valence-electron chi connectivity index (χ0n) is 15.1. The standard InChI is InChI=1S/C16H24N2O/c19-16(13-17-15-6-7-15)8-10-18(11-9-16)12-14-4-2-1-3-5-14/h1-5,15,17,19H,6-13H2/i8D2,10D2. The van der Waals surface area contributed by atoms with E-state index in [0.717, 1.165) is 18.4 Å². The van der Waals surface area contributed by atoms with Gasteiger partial charge in [0.15, 0.2) is 0 Å². The van der Waals surface area contributed by atoms with Crippen molar-refractivity contribution in [2.45, 2.75) is 43.8 Å². The molecule has 1 aliphatic heterocycles. The minimum Gasteiger partial charge on any atom is -0.388 e. The first-order chi connectivity index (χ1) is 10.8.